The number of aryl methyl sites for hydroxylation is 1. The van der Waals surface area contributed by atoms with Gasteiger partial charge >= 0.3 is 0 Å². The second-order valence-electron chi connectivity index (χ2n) is 8.16. The molecule has 2 amide bonds. The average molecular weight is 408 g/mol. The Morgan fingerprint density at radius 2 is 1.86 bits per heavy atom. The van der Waals surface area contributed by atoms with Crippen molar-refractivity contribution >= 4 is 29.9 Å². The van der Waals surface area contributed by atoms with Crippen LogP contribution in [0.4, 0.5) is 5.69 Å². The van der Waals surface area contributed by atoms with Crippen LogP contribution in [0.25, 0.3) is 0 Å². The summed E-state index contributed by atoms with van der Waals surface area (Å²) in [6, 6.07) is 6.76. The molecule has 3 aliphatic rings. The Balaban J connectivity index is 0.00000225. The van der Waals surface area contributed by atoms with Crippen LogP contribution in [0.15, 0.2) is 18.2 Å². The summed E-state index contributed by atoms with van der Waals surface area (Å²) in [6.07, 6.45) is 5.24. The van der Waals surface area contributed by atoms with E-state index in [9.17, 15) is 9.59 Å². The second kappa shape index (κ2) is 9.25. The fraction of sp³-hybridized carbons (Fsp3) is 0.619. The Bertz CT molecular complexity index is 709. The van der Waals surface area contributed by atoms with Crippen LogP contribution in [-0.2, 0) is 9.53 Å². The van der Waals surface area contributed by atoms with Crippen molar-refractivity contribution in [2.75, 3.05) is 31.6 Å². The molecule has 0 spiro atoms. The number of ether oxygens (including phenoxy) is 1. The number of fused-ring (bicyclic) bond motifs is 2. The molecular formula is C21H30ClN3O3. The molecule has 7 heteroatoms. The zero-order valence-corrected chi connectivity index (χ0v) is 17.2. The Labute approximate surface area is 172 Å². The van der Waals surface area contributed by atoms with Gasteiger partial charge < -0.3 is 20.3 Å². The van der Waals surface area contributed by atoms with Gasteiger partial charge in [0.1, 0.15) is 0 Å². The summed E-state index contributed by atoms with van der Waals surface area (Å²) in [5.74, 6) is 0.520. The number of anilines is 1. The van der Waals surface area contributed by atoms with Gasteiger partial charge in [-0.1, -0.05) is 6.07 Å². The van der Waals surface area contributed by atoms with Gasteiger partial charge in [-0.3, -0.25) is 9.59 Å². The fourth-order valence-corrected chi connectivity index (χ4v) is 4.64. The summed E-state index contributed by atoms with van der Waals surface area (Å²) < 4.78 is 5.32. The molecule has 0 aromatic heterocycles. The monoisotopic (exact) mass is 407 g/mol. The lowest BCUT2D eigenvalue weighted by Crippen LogP contribution is -2.40. The molecule has 3 heterocycles. The number of rotatable bonds is 4. The Morgan fingerprint density at radius 1 is 1.18 bits per heavy atom. The number of benzene rings is 1. The van der Waals surface area contributed by atoms with Crippen molar-refractivity contribution in [1.29, 1.82) is 0 Å². The molecule has 1 aromatic rings. The highest BCUT2D eigenvalue weighted by molar-refractivity contribution is 5.97. The third kappa shape index (κ3) is 4.85. The van der Waals surface area contributed by atoms with E-state index in [4.69, 9.17) is 4.74 Å². The van der Waals surface area contributed by atoms with Gasteiger partial charge in [0, 0.05) is 42.8 Å². The fourth-order valence-electron chi connectivity index (χ4n) is 4.64. The number of halogens is 1. The summed E-state index contributed by atoms with van der Waals surface area (Å²) in [4.78, 5) is 27.1. The first-order valence-electron chi connectivity index (χ1n) is 10.1. The largest absolute Gasteiger partial charge is 0.378 e. The summed E-state index contributed by atoms with van der Waals surface area (Å²) in [5.41, 5.74) is 2.35. The van der Waals surface area contributed by atoms with Gasteiger partial charge in [-0.15, -0.1) is 12.4 Å². The molecule has 3 aliphatic heterocycles. The van der Waals surface area contributed by atoms with Crippen LogP contribution in [0.5, 0.6) is 0 Å². The number of nitrogens with one attached hydrogen (secondary N) is 2. The molecule has 3 saturated heterocycles. The van der Waals surface area contributed by atoms with Crippen LogP contribution in [0.2, 0.25) is 0 Å². The molecule has 2 bridgehead atoms. The number of carbonyl (C=O) groups is 2. The molecule has 28 heavy (non-hydrogen) atoms. The maximum Gasteiger partial charge on any atom is 0.254 e. The third-order valence-electron chi connectivity index (χ3n) is 6.10. The standard InChI is InChI=1S/C21H29N3O3.ClH/c1-14-2-3-16(21(26)24-6-8-27-9-7-24)13-19(14)23-20(25)12-15-10-17-4-5-18(11-15)22-17;/h2-3,13,15,17-18,22H,4-12H2,1H3,(H,23,25);1H. The molecule has 0 saturated carbocycles. The molecular weight excluding hydrogens is 378 g/mol. The zero-order chi connectivity index (χ0) is 18.8. The van der Waals surface area contributed by atoms with Gasteiger partial charge in [0.2, 0.25) is 5.91 Å². The molecule has 1 aromatic carbocycles. The van der Waals surface area contributed by atoms with Gasteiger partial charge in [0.15, 0.2) is 0 Å². The molecule has 2 unspecified atom stereocenters. The number of piperidine rings is 1. The van der Waals surface area contributed by atoms with E-state index in [0.717, 1.165) is 24.1 Å². The smallest absolute Gasteiger partial charge is 0.254 e. The van der Waals surface area contributed by atoms with Crippen molar-refractivity contribution in [1.82, 2.24) is 10.2 Å². The SMILES string of the molecule is Cc1ccc(C(=O)N2CCOCC2)cc1NC(=O)CC1CC2CCC(C1)N2.Cl. The van der Waals surface area contributed by atoms with Crippen molar-refractivity contribution in [3.63, 3.8) is 0 Å². The summed E-state index contributed by atoms with van der Waals surface area (Å²) >= 11 is 0. The van der Waals surface area contributed by atoms with Gasteiger partial charge in [0.25, 0.3) is 5.91 Å². The first kappa shape index (κ1) is 21.1. The zero-order valence-electron chi connectivity index (χ0n) is 16.4. The van der Waals surface area contributed by atoms with Crippen molar-refractivity contribution < 1.29 is 14.3 Å². The maximum absolute atomic E-state index is 12.7. The maximum atomic E-state index is 12.7. The number of hydrogen-bond acceptors (Lipinski definition) is 4. The van der Waals surface area contributed by atoms with Crippen molar-refractivity contribution in [2.24, 2.45) is 5.92 Å². The lowest BCUT2D eigenvalue weighted by molar-refractivity contribution is -0.117. The van der Waals surface area contributed by atoms with E-state index in [1.54, 1.807) is 0 Å². The molecule has 154 valence electrons. The highest BCUT2D eigenvalue weighted by Crippen LogP contribution is 2.33. The van der Waals surface area contributed by atoms with Crippen LogP contribution in [0.3, 0.4) is 0 Å². The van der Waals surface area contributed by atoms with Gasteiger partial charge in [-0.05, 0) is 56.2 Å². The minimum atomic E-state index is 0. The van der Waals surface area contributed by atoms with Crippen molar-refractivity contribution in [2.45, 2.75) is 51.1 Å². The molecule has 4 rings (SSSR count). The van der Waals surface area contributed by atoms with E-state index in [1.807, 2.05) is 30.0 Å². The lowest BCUT2D eigenvalue weighted by Gasteiger charge is -2.28. The summed E-state index contributed by atoms with van der Waals surface area (Å²) in [5, 5.41) is 6.67. The number of carbonyl (C=O) groups excluding carboxylic acids is 2. The quantitative estimate of drug-likeness (QED) is 0.805. The molecule has 0 radical (unpaired) electrons. The number of hydrogen-bond donors (Lipinski definition) is 2. The van der Waals surface area contributed by atoms with Crippen LogP contribution >= 0.6 is 12.4 Å². The van der Waals surface area contributed by atoms with Crippen LogP contribution in [-0.4, -0.2) is 55.1 Å². The minimum Gasteiger partial charge on any atom is -0.378 e. The topological polar surface area (TPSA) is 70.7 Å². The number of nitrogens with zero attached hydrogens (tertiary/aromatic N) is 1. The van der Waals surface area contributed by atoms with Crippen LogP contribution < -0.4 is 10.6 Å². The van der Waals surface area contributed by atoms with Gasteiger partial charge in [-0.2, -0.15) is 0 Å². The van der Waals surface area contributed by atoms with E-state index < -0.39 is 0 Å². The van der Waals surface area contributed by atoms with Crippen molar-refractivity contribution in [3.05, 3.63) is 29.3 Å². The van der Waals surface area contributed by atoms with E-state index in [-0.39, 0.29) is 24.2 Å². The highest BCUT2D eigenvalue weighted by Gasteiger charge is 2.34. The Kier molecular flexibility index (Phi) is 6.96. The number of morpholine rings is 1. The predicted octanol–water partition coefficient (Wildman–Crippen LogP) is 2.75. The average Bonchev–Trinajstić information content (AvgIpc) is 3.02. The molecule has 0 aliphatic carbocycles. The van der Waals surface area contributed by atoms with Crippen LogP contribution in [0.1, 0.15) is 48.0 Å². The van der Waals surface area contributed by atoms with E-state index in [2.05, 4.69) is 10.6 Å². The summed E-state index contributed by atoms with van der Waals surface area (Å²) in [6.45, 7) is 4.36. The molecule has 2 N–H and O–H groups in total. The minimum absolute atomic E-state index is 0. The predicted molar refractivity (Wildman–Crippen MR) is 111 cm³/mol. The first-order chi connectivity index (χ1) is 13.1. The second-order valence-corrected chi connectivity index (χ2v) is 8.16. The van der Waals surface area contributed by atoms with Gasteiger partial charge in [-0.25, -0.2) is 0 Å². The molecule has 2 atom stereocenters. The highest BCUT2D eigenvalue weighted by atomic mass is 35.5. The lowest BCUT2D eigenvalue weighted by atomic mass is 9.89. The number of amides is 2. The van der Waals surface area contributed by atoms with E-state index in [1.165, 1.54) is 12.8 Å². The Morgan fingerprint density at radius 3 is 2.54 bits per heavy atom. The van der Waals surface area contributed by atoms with Crippen LogP contribution in [0, 0.1) is 12.8 Å². The normalized spacial score (nSPS) is 26.5. The molecule has 6 nitrogen and oxygen atoms in total. The van der Waals surface area contributed by atoms with Crippen molar-refractivity contribution in [3.8, 4) is 0 Å². The first-order valence-corrected chi connectivity index (χ1v) is 10.1. The van der Waals surface area contributed by atoms with E-state index >= 15 is 0 Å². The summed E-state index contributed by atoms with van der Waals surface area (Å²) in [7, 11) is 0. The Hall–Kier alpha value is -1.63. The third-order valence-corrected chi connectivity index (χ3v) is 6.10. The van der Waals surface area contributed by atoms with E-state index in [0.29, 0.717) is 56.3 Å². The van der Waals surface area contributed by atoms with Gasteiger partial charge in [0.05, 0.1) is 13.2 Å². The molecule has 3 fully saturated rings.